The number of benzene rings is 2. The molecule has 0 spiro atoms. The van der Waals surface area contributed by atoms with E-state index >= 15 is 0 Å². The molecule has 0 aliphatic heterocycles. The molecule has 0 unspecified atom stereocenters. The van der Waals surface area contributed by atoms with Crippen LogP contribution in [0.2, 0.25) is 0 Å². The number of carbonyl (C=O) groups is 1. The number of fused-ring (bicyclic) bond motifs is 1. The first-order valence-corrected chi connectivity index (χ1v) is 6.60. The van der Waals surface area contributed by atoms with E-state index in [2.05, 4.69) is 15.3 Å². The zero-order valence-corrected chi connectivity index (χ0v) is 11.6. The van der Waals surface area contributed by atoms with Crippen LogP contribution in [-0.4, -0.2) is 29.6 Å². The molecule has 2 aromatic carbocycles. The van der Waals surface area contributed by atoms with Crippen LogP contribution in [0.1, 0.15) is 0 Å². The van der Waals surface area contributed by atoms with E-state index in [0.717, 1.165) is 22.4 Å². The second-order valence-corrected chi connectivity index (χ2v) is 4.66. The molecule has 0 aliphatic carbocycles. The first-order valence-electron chi connectivity index (χ1n) is 6.60. The summed E-state index contributed by atoms with van der Waals surface area (Å²) in [6.45, 7) is 0.0380. The van der Waals surface area contributed by atoms with Crippen molar-refractivity contribution in [2.75, 3.05) is 19.0 Å². The summed E-state index contributed by atoms with van der Waals surface area (Å²) in [6, 6.07) is 15.5. The van der Waals surface area contributed by atoms with Crippen LogP contribution in [0.3, 0.4) is 0 Å². The lowest BCUT2D eigenvalue weighted by Gasteiger charge is -2.03. The van der Waals surface area contributed by atoms with Crippen molar-refractivity contribution in [1.29, 1.82) is 0 Å². The van der Waals surface area contributed by atoms with E-state index in [9.17, 15) is 4.79 Å². The average molecular weight is 281 g/mol. The number of nitrogens with zero attached hydrogens (tertiary/aromatic N) is 1. The number of imidazole rings is 1. The van der Waals surface area contributed by atoms with Crippen molar-refractivity contribution in [3.8, 4) is 11.4 Å². The van der Waals surface area contributed by atoms with E-state index in [4.69, 9.17) is 4.74 Å². The first kappa shape index (κ1) is 13.3. The van der Waals surface area contributed by atoms with Crippen molar-refractivity contribution in [3.05, 3.63) is 48.5 Å². The third kappa shape index (κ3) is 2.93. The highest BCUT2D eigenvalue weighted by Gasteiger charge is 2.07. The summed E-state index contributed by atoms with van der Waals surface area (Å²) in [5.74, 6) is 0.630. The molecule has 0 radical (unpaired) electrons. The number of rotatable bonds is 4. The third-order valence-corrected chi connectivity index (χ3v) is 3.09. The molecule has 0 bridgehead atoms. The Bertz CT molecular complexity index is 766. The van der Waals surface area contributed by atoms with E-state index in [1.54, 1.807) is 0 Å². The zero-order valence-electron chi connectivity index (χ0n) is 11.6. The Balaban J connectivity index is 1.90. The molecule has 0 saturated heterocycles. The van der Waals surface area contributed by atoms with Crippen LogP contribution >= 0.6 is 0 Å². The fraction of sp³-hybridized carbons (Fsp3) is 0.125. The molecule has 0 aliphatic rings. The SMILES string of the molecule is COCC(=O)Nc1ccc2nc(-c3ccccc3)[nH]c2c1. The van der Waals surface area contributed by atoms with Crippen molar-refractivity contribution in [2.45, 2.75) is 0 Å². The maximum Gasteiger partial charge on any atom is 0.250 e. The van der Waals surface area contributed by atoms with Gasteiger partial charge in [-0.3, -0.25) is 4.79 Å². The molecule has 5 nitrogen and oxygen atoms in total. The number of amides is 1. The number of carbonyl (C=O) groups excluding carboxylic acids is 1. The van der Waals surface area contributed by atoms with Gasteiger partial charge in [-0.25, -0.2) is 4.98 Å². The van der Waals surface area contributed by atoms with E-state index < -0.39 is 0 Å². The molecule has 3 aromatic rings. The highest BCUT2D eigenvalue weighted by molar-refractivity contribution is 5.94. The van der Waals surface area contributed by atoms with Crippen molar-refractivity contribution >= 4 is 22.6 Å². The zero-order chi connectivity index (χ0) is 14.7. The lowest BCUT2D eigenvalue weighted by atomic mass is 10.2. The molecule has 21 heavy (non-hydrogen) atoms. The van der Waals surface area contributed by atoms with Gasteiger partial charge in [-0.15, -0.1) is 0 Å². The van der Waals surface area contributed by atoms with Gasteiger partial charge in [0.15, 0.2) is 0 Å². The summed E-state index contributed by atoms with van der Waals surface area (Å²) >= 11 is 0. The fourth-order valence-corrected chi connectivity index (χ4v) is 2.15. The summed E-state index contributed by atoms with van der Waals surface area (Å²) in [4.78, 5) is 19.3. The first-order chi connectivity index (χ1) is 10.3. The Hall–Kier alpha value is -2.66. The number of ether oxygens (including phenoxy) is 1. The van der Waals surface area contributed by atoms with Crippen molar-refractivity contribution < 1.29 is 9.53 Å². The van der Waals surface area contributed by atoms with Gasteiger partial charge in [-0.05, 0) is 18.2 Å². The second kappa shape index (κ2) is 5.76. The molecule has 1 amide bonds. The van der Waals surface area contributed by atoms with Crippen LogP contribution in [0.25, 0.3) is 22.4 Å². The summed E-state index contributed by atoms with van der Waals surface area (Å²) in [6.07, 6.45) is 0. The third-order valence-electron chi connectivity index (χ3n) is 3.09. The van der Waals surface area contributed by atoms with Crippen LogP contribution in [0, 0.1) is 0 Å². The number of H-pyrrole nitrogens is 1. The van der Waals surface area contributed by atoms with Gasteiger partial charge in [0, 0.05) is 18.4 Å². The number of nitrogens with one attached hydrogen (secondary N) is 2. The molecular weight excluding hydrogens is 266 g/mol. The Kier molecular flexibility index (Phi) is 3.66. The molecule has 1 aromatic heterocycles. The number of anilines is 1. The molecule has 0 saturated carbocycles. The van der Waals surface area contributed by atoms with Crippen molar-refractivity contribution in [2.24, 2.45) is 0 Å². The Morgan fingerprint density at radius 3 is 2.81 bits per heavy atom. The monoisotopic (exact) mass is 281 g/mol. The second-order valence-electron chi connectivity index (χ2n) is 4.66. The maximum absolute atomic E-state index is 11.5. The van der Waals surface area contributed by atoms with Gasteiger partial charge in [-0.2, -0.15) is 0 Å². The average Bonchev–Trinajstić information content (AvgIpc) is 2.91. The largest absolute Gasteiger partial charge is 0.375 e. The van der Waals surface area contributed by atoms with Gasteiger partial charge in [0.05, 0.1) is 11.0 Å². The van der Waals surface area contributed by atoms with Crippen LogP contribution in [0.5, 0.6) is 0 Å². The van der Waals surface area contributed by atoms with Crippen LogP contribution in [0.15, 0.2) is 48.5 Å². The predicted molar refractivity (Wildman–Crippen MR) is 82.0 cm³/mol. The molecule has 0 atom stereocenters. The van der Waals surface area contributed by atoms with Crippen molar-refractivity contribution in [3.63, 3.8) is 0 Å². The topological polar surface area (TPSA) is 67.0 Å². The number of aromatic nitrogens is 2. The molecule has 3 rings (SSSR count). The van der Waals surface area contributed by atoms with Crippen LogP contribution in [-0.2, 0) is 9.53 Å². The van der Waals surface area contributed by atoms with Gasteiger partial charge in [0.25, 0.3) is 0 Å². The fourth-order valence-electron chi connectivity index (χ4n) is 2.15. The summed E-state index contributed by atoms with van der Waals surface area (Å²) in [7, 11) is 1.49. The summed E-state index contributed by atoms with van der Waals surface area (Å²) < 4.78 is 4.79. The molecule has 0 fully saturated rings. The lowest BCUT2D eigenvalue weighted by Crippen LogP contribution is -2.16. The number of aromatic amines is 1. The van der Waals surface area contributed by atoms with Gasteiger partial charge in [0.2, 0.25) is 5.91 Å². The highest BCUT2D eigenvalue weighted by atomic mass is 16.5. The standard InChI is InChI=1S/C16H15N3O2/c1-21-10-15(20)17-12-7-8-13-14(9-12)19-16(18-13)11-5-3-2-4-6-11/h2-9H,10H2,1H3,(H,17,20)(H,18,19). The lowest BCUT2D eigenvalue weighted by molar-refractivity contribution is -0.119. The van der Waals surface area contributed by atoms with E-state index in [1.165, 1.54) is 7.11 Å². The molecule has 1 heterocycles. The van der Waals surface area contributed by atoms with Gasteiger partial charge < -0.3 is 15.0 Å². The minimum Gasteiger partial charge on any atom is -0.375 e. The molecular formula is C16H15N3O2. The number of methoxy groups -OCH3 is 1. The van der Waals surface area contributed by atoms with E-state index in [1.807, 2.05) is 48.5 Å². The van der Waals surface area contributed by atoms with Gasteiger partial charge in [0.1, 0.15) is 12.4 Å². The summed E-state index contributed by atoms with van der Waals surface area (Å²) in [5.41, 5.74) is 3.48. The van der Waals surface area contributed by atoms with Crippen molar-refractivity contribution in [1.82, 2.24) is 9.97 Å². The van der Waals surface area contributed by atoms with Crippen LogP contribution < -0.4 is 5.32 Å². The molecule has 106 valence electrons. The Morgan fingerprint density at radius 2 is 2.05 bits per heavy atom. The van der Waals surface area contributed by atoms with Crippen LogP contribution in [0.4, 0.5) is 5.69 Å². The van der Waals surface area contributed by atoms with Gasteiger partial charge >= 0.3 is 0 Å². The molecule has 5 heteroatoms. The minimum absolute atomic E-state index is 0.0380. The quantitative estimate of drug-likeness (QED) is 0.772. The Morgan fingerprint density at radius 1 is 1.24 bits per heavy atom. The summed E-state index contributed by atoms with van der Waals surface area (Å²) in [5, 5.41) is 2.77. The predicted octanol–water partition coefficient (Wildman–Crippen LogP) is 2.81. The smallest absolute Gasteiger partial charge is 0.250 e. The minimum atomic E-state index is -0.181. The normalized spacial score (nSPS) is 10.7. The van der Waals surface area contributed by atoms with Gasteiger partial charge in [-0.1, -0.05) is 30.3 Å². The number of hydrogen-bond donors (Lipinski definition) is 2. The number of hydrogen-bond acceptors (Lipinski definition) is 3. The molecule has 2 N–H and O–H groups in total. The van der Waals surface area contributed by atoms with E-state index in [0.29, 0.717) is 5.69 Å². The highest BCUT2D eigenvalue weighted by Crippen LogP contribution is 2.22. The van der Waals surface area contributed by atoms with E-state index in [-0.39, 0.29) is 12.5 Å². The maximum atomic E-state index is 11.5. The Labute approximate surface area is 122 Å².